The number of nitriles is 1. The SMILES string of the molecule is CCOC(CC(C)(C)C#N)OCC. The highest BCUT2D eigenvalue weighted by molar-refractivity contribution is 4.92. The van der Waals surface area contributed by atoms with E-state index in [1.54, 1.807) is 0 Å². The second-order valence-electron chi connectivity index (χ2n) is 3.54. The van der Waals surface area contributed by atoms with Crippen LogP contribution in [0.5, 0.6) is 0 Å². The van der Waals surface area contributed by atoms with Crippen LogP contribution >= 0.6 is 0 Å². The topological polar surface area (TPSA) is 42.2 Å². The number of ether oxygens (including phenoxy) is 2. The maximum atomic E-state index is 8.82. The summed E-state index contributed by atoms with van der Waals surface area (Å²) in [7, 11) is 0. The molecular weight excluding hydrogens is 166 g/mol. The van der Waals surface area contributed by atoms with Gasteiger partial charge >= 0.3 is 0 Å². The van der Waals surface area contributed by atoms with Gasteiger partial charge in [0.25, 0.3) is 0 Å². The zero-order valence-electron chi connectivity index (χ0n) is 8.96. The van der Waals surface area contributed by atoms with Crippen molar-refractivity contribution in [3.05, 3.63) is 0 Å². The Labute approximate surface area is 80.6 Å². The third kappa shape index (κ3) is 5.62. The van der Waals surface area contributed by atoms with Crippen molar-refractivity contribution in [1.29, 1.82) is 5.26 Å². The average Bonchev–Trinajstić information content (AvgIpc) is 2.05. The third-order valence-electron chi connectivity index (χ3n) is 1.68. The molecule has 0 spiro atoms. The molecule has 76 valence electrons. The van der Waals surface area contributed by atoms with Gasteiger partial charge in [-0.2, -0.15) is 5.26 Å². The standard InChI is InChI=1S/C10H19NO2/c1-5-12-9(13-6-2)7-10(3,4)8-11/h9H,5-7H2,1-4H3. The van der Waals surface area contributed by atoms with Crippen LogP contribution in [0.3, 0.4) is 0 Å². The zero-order chi connectivity index (χ0) is 10.3. The summed E-state index contributed by atoms with van der Waals surface area (Å²) in [5, 5.41) is 8.82. The molecule has 0 radical (unpaired) electrons. The molecule has 13 heavy (non-hydrogen) atoms. The van der Waals surface area contributed by atoms with Crippen LogP contribution in [0.1, 0.15) is 34.1 Å². The van der Waals surface area contributed by atoms with Gasteiger partial charge in [0.05, 0.1) is 11.5 Å². The molecule has 0 atom stereocenters. The van der Waals surface area contributed by atoms with Crippen LogP contribution in [-0.4, -0.2) is 19.5 Å². The lowest BCUT2D eigenvalue weighted by Crippen LogP contribution is -2.24. The molecule has 0 bridgehead atoms. The Morgan fingerprint density at radius 3 is 2.00 bits per heavy atom. The first-order valence-corrected chi connectivity index (χ1v) is 4.70. The Balaban J connectivity index is 4.02. The van der Waals surface area contributed by atoms with Crippen LogP contribution in [-0.2, 0) is 9.47 Å². The fourth-order valence-corrected chi connectivity index (χ4v) is 1.00. The van der Waals surface area contributed by atoms with Gasteiger partial charge in [-0.1, -0.05) is 0 Å². The molecule has 3 nitrogen and oxygen atoms in total. The molecule has 0 aromatic heterocycles. The fraction of sp³-hybridized carbons (Fsp3) is 0.900. The van der Waals surface area contributed by atoms with Gasteiger partial charge in [0, 0.05) is 19.6 Å². The van der Waals surface area contributed by atoms with Gasteiger partial charge in [-0.3, -0.25) is 0 Å². The van der Waals surface area contributed by atoms with Crippen molar-refractivity contribution in [2.75, 3.05) is 13.2 Å². The van der Waals surface area contributed by atoms with Crippen molar-refractivity contribution in [2.24, 2.45) is 5.41 Å². The average molecular weight is 185 g/mol. The summed E-state index contributed by atoms with van der Waals surface area (Å²) in [6.45, 7) is 8.85. The van der Waals surface area contributed by atoms with E-state index in [2.05, 4.69) is 6.07 Å². The van der Waals surface area contributed by atoms with Crippen molar-refractivity contribution in [2.45, 2.75) is 40.4 Å². The minimum absolute atomic E-state index is 0.246. The molecule has 0 aliphatic heterocycles. The van der Waals surface area contributed by atoms with E-state index in [-0.39, 0.29) is 11.7 Å². The van der Waals surface area contributed by atoms with Crippen LogP contribution in [0.15, 0.2) is 0 Å². The molecule has 0 aliphatic rings. The molecule has 0 fully saturated rings. The van der Waals surface area contributed by atoms with Gasteiger partial charge in [-0.25, -0.2) is 0 Å². The molecule has 0 aliphatic carbocycles. The van der Waals surface area contributed by atoms with E-state index < -0.39 is 0 Å². The van der Waals surface area contributed by atoms with Crippen LogP contribution in [0.2, 0.25) is 0 Å². The van der Waals surface area contributed by atoms with Gasteiger partial charge in [-0.15, -0.1) is 0 Å². The molecule has 0 rings (SSSR count). The first-order chi connectivity index (χ1) is 6.05. The second kappa shape index (κ2) is 5.95. The Kier molecular flexibility index (Phi) is 5.68. The molecule has 0 aromatic carbocycles. The summed E-state index contributed by atoms with van der Waals surface area (Å²) in [5.74, 6) is 0. The molecule has 0 saturated heterocycles. The maximum Gasteiger partial charge on any atom is 0.159 e. The highest BCUT2D eigenvalue weighted by Crippen LogP contribution is 2.22. The van der Waals surface area contributed by atoms with Crippen molar-refractivity contribution >= 4 is 0 Å². The van der Waals surface area contributed by atoms with Crippen LogP contribution in [0.4, 0.5) is 0 Å². The van der Waals surface area contributed by atoms with Crippen LogP contribution < -0.4 is 0 Å². The largest absolute Gasteiger partial charge is 0.353 e. The molecule has 0 unspecified atom stereocenters. The summed E-state index contributed by atoms with van der Waals surface area (Å²) >= 11 is 0. The Morgan fingerprint density at radius 1 is 1.23 bits per heavy atom. The van der Waals surface area contributed by atoms with E-state index in [1.807, 2.05) is 27.7 Å². The van der Waals surface area contributed by atoms with Gasteiger partial charge in [0.2, 0.25) is 0 Å². The number of nitrogens with zero attached hydrogens (tertiary/aromatic N) is 1. The van der Waals surface area contributed by atoms with E-state index in [9.17, 15) is 0 Å². The molecule has 0 heterocycles. The molecule has 0 aromatic rings. The Hall–Kier alpha value is -0.590. The highest BCUT2D eigenvalue weighted by atomic mass is 16.7. The third-order valence-corrected chi connectivity index (χ3v) is 1.68. The summed E-state index contributed by atoms with van der Waals surface area (Å²) in [6, 6.07) is 2.23. The van der Waals surface area contributed by atoms with Crippen molar-refractivity contribution < 1.29 is 9.47 Å². The molecule has 0 amide bonds. The predicted molar refractivity (Wildman–Crippen MR) is 51.1 cm³/mol. The summed E-state index contributed by atoms with van der Waals surface area (Å²) < 4.78 is 10.7. The summed E-state index contributed by atoms with van der Waals surface area (Å²) in [5.41, 5.74) is -0.380. The van der Waals surface area contributed by atoms with E-state index in [1.165, 1.54) is 0 Å². The van der Waals surface area contributed by atoms with Gasteiger partial charge in [0.1, 0.15) is 0 Å². The fourth-order valence-electron chi connectivity index (χ4n) is 1.00. The van der Waals surface area contributed by atoms with Gasteiger partial charge in [-0.05, 0) is 27.7 Å². The Morgan fingerprint density at radius 2 is 1.69 bits per heavy atom. The van der Waals surface area contributed by atoms with E-state index in [4.69, 9.17) is 14.7 Å². The first kappa shape index (κ1) is 12.4. The quantitative estimate of drug-likeness (QED) is 0.596. The zero-order valence-corrected chi connectivity index (χ0v) is 8.96. The number of hydrogen-bond acceptors (Lipinski definition) is 3. The van der Waals surface area contributed by atoms with Gasteiger partial charge in [0.15, 0.2) is 6.29 Å². The van der Waals surface area contributed by atoms with Gasteiger partial charge < -0.3 is 9.47 Å². The minimum atomic E-state index is -0.380. The van der Waals surface area contributed by atoms with E-state index >= 15 is 0 Å². The van der Waals surface area contributed by atoms with Crippen molar-refractivity contribution in [3.8, 4) is 6.07 Å². The maximum absolute atomic E-state index is 8.82. The molecule has 0 N–H and O–H groups in total. The second-order valence-corrected chi connectivity index (χ2v) is 3.54. The lowest BCUT2D eigenvalue weighted by Gasteiger charge is -2.23. The van der Waals surface area contributed by atoms with Crippen LogP contribution in [0, 0.1) is 16.7 Å². The molecule has 3 heteroatoms. The predicted octanol–water partition coefficient (Wildman–Crippen LogP) is 2.33. The van der Waals surface area contributed by atoms with Crippen molar-refractivity contribution in [3.63, 3.8) is 0 Å². The lowest BCUT2D eigenvalue weighted by molar-refractivity contribution is -0.148. The number of rotatable bonds is 6. The van der Waals surface area contributed by atoms with Crippen LogP contribution in [0.25, 0.3) is 0 Å². The Bertz CT molecular complexity index is 166. The minimum Gasteiger partial charge on any atom is -0.353 e. The van der Waals surface area contributed by atoms with E-state index in [0.717, 1.165) is 0 Å². The number of hydrogen-bond donors (Lipinski definition) is 0. The first-order valence-electron chi connectivity index (χ1n) is 4.70. The molecule has 0 saturated carbocycles. The van der Waals surface area contributed by atoms with Crippen molar-refractivity contribution in [1.82, 2.24) is 0 Å². The smallest absolute Gasteiger partial charge is 0.159 e. The van der Waals surface area contributed by atoms with E-state index in [0.29, 0.717) is 19.6 Å². The highest BCUT2D eigenvalue weighted by Gasteiger charge is 2.23. The molecular formula is C10H19NO2. The normalized spacial score (nSPS) is 11.7. The summed E-state index contributed by atoms with van der Waals surface area (Å²) in [4.78, 5) is 0. The summed E-state index contributed by atoms with van der Waals surface area (Å²) in [6.07, 6.45) is 0.371. The lowest BCUT2D eigenvalue weighted by atomic mass is 9.91. The monoisotopic (exact) mass is 185 g/mol.